The Morgan fingerprint density at radius 2 is 2.05 bits per heavy atom. The van der Waals surface area contributed by atoms with E-state index in [1.165, 1.54) is 4.90 Å². The van der Waals surface area contributed by atoms with Crippen LogP contribution in [0.1, 0.15) is 12.0 Å². The number of benzene rings is 1. The van der Waals surface area contributed by atoms with Gasteiger partial charge in [-0.2, -0.15) is 0 Å². The SMILES string of the molecule is O=C(O)C1=C(/C=C/c2ccccc2)C[C@@H]2CN[C@@H]3C(=O)N1[C@H]23. The van der Waals surface area contributed by atoms with Crippen LogP contribution >= 0.6 is 0 Å². The molecule has 2 N–H and O–H groups in total. The van der Waals surface area contributed by atoms with E-state index < -0.39 is 5.97 Å². The summed E-state index contributed by atoms with van der Waals surface area (Å²) in [5.74, 6) is -0.832. The predicted molar refractivity (Wildman–Crippen MR) is 80.7 cm³/mol. The van der Waals surface area contributed by atoms with Crippen molar-refractivity contribution in [3.05, 3.63) is 53.2 Å². The van der Waals surface area contributed by atoms with Crippen LogP contribution in [0, 0.1) is 5.92 Å². The third kappa shape index (κ3) is 1.82. The van der Waals surface area contributed by atoms with Gasteiger partial charge in [0, 0.05) is 6.54 Å². The molecule has 0 saturated carbocycles. The molecule has 0 bridgehead atoms. The highest BCUT2D eigenvalue weighted by Gasteiger charge is 2.59. The average molecular weight is 296 g/mol. The van der Waals surface area contributed by atoms with Crippen LogP contribution in [0.15, 0.2) is 47.7 Å². The van der Waals surface area contributed by atoms with Crippen molar-refractivity contribution in [1.82, 2.24) is 10.2 Å². The zero-order valence-corrected chi connectivity index (χ0v) is 11.9. The van der Waals surface area contributed by atoms with Crippen LogP contribution < -0.4 is 5.32 Å². The molecule has 4 rings (SSSR count). The highest BCUT2D eigenvalue weighted by molar-refractivity contribution is 6.01. The van der Waals surface area contributed by atoms with Gasteiger partial charge in [0.05, 0.1) is 6.04 Å². The van der Waals surface area contributed by atoms with Crippen LogP contribution in [0.2, 0.25) is 0 Å². The van der Waals surface area contributed by atoms with Gasteiger partial charge in [-0.25, -0.2) is 4.79 Å². The molecule has 3 atom stereocenters. The smallest absolute Gasteiger partial charge is 0.352 e. The Hall–Kier alpha value is -2.40. The van der Waals surface area contributed by atoms with Crippen molar-refractivity contribution in [2.75, 3.05) is 6.54 Å². The Bertz CT molecular complexity index is 708. The molecule has 3 aliphatic rings. The molecule has 5 heteroatoms. The Labute approximate surface area is 127 Å². The van der Waals surface area contributed by atoms with Crippen molar-refractivity contribution in [1.29, 1.82) is 0 Å². The van der Waals surface area contributed by atoms with Gasteiger partial charge in [-0.15, -0.1) is 0 Å². The molecule has 2 fully saturated rings. The Morgan fingerprint density at radius 3 is 2.77 bits per heavy atom. The van der Waals surface area contributed by atoms with Crippen LogP contribution in [0.5, 0.6) is 0 Å². The molecule has 22 heavy (non-hydrogen) atoms. The summed E-state index contributed by atoms with van der Waals surface area (Å²) in [5.41, 5.74) is 1.89. The summed E-state index contributed by atoms with van der Waals surface area (Å²) in [6, 6.07) is 9.58. The summed E-state index contributed by atoms with van der Waals surface area (Å²) in [7, 11) is 0. The van der Waals surface area contributed by atoms with E-state index in [2.05, 4.69) is 5.32 Å². The van der Waals surface area contributed by atoms with Gasteiger partial charge in [-0.3, -0.25) is 9.69 Å². The number of amides is 1. The fourth-order valence-corrected chi connectivity index (χ4v) is 3.73. The number of carbonyl (C=O) groups excluding carboxylic acids is 1. The second-order valence-electron chi connectivity index (χ2n) is 5.97. The predicted octanol–water partition coefficient (Wildman–Crippen LogP) is 1.24. The van der Waals surface area contributed by atoms with Crippen molar-refractivity contribution < 1.29 is 14.7 Å². The Balaban J connectivity index is 1.72. The standard InChI is InChI=1S/C17H16N2O3/c20-16-13-14-12(9-18-13)8-11(15(17(21)22)19(14)16)7-6-10-4-2-1-3-5-10/h1-7,12-14,18H,8-9H2,(H,21,22)/b7-6+/t12-,13+,14-/m1/s1. The summed E-state index contributed by atoms with van der Waals surface area (Å²) < 4.78 is 0. The van der Waals surface area contributed by atoms with E-state index in [4.69, 9.17) is 0 Å². The van der Waals surface area contributed by atoms with Crippen molar-refractivity contribution in [3.8, 4) is 0 Å². The highest BCUT2D eigenvalue weighted by atomic mass is 16.4. The number of carboxylic acids is 1. The number of carboxylic acid groups (broad SMARTS) is 1. The molecule has 1 aromatic rings. The number of hydrogen-bond acceptors (Lipinski definition) is 3. The summed E-state index contributed by atoms with van der Waals surface area (Å²) in [5, 5.41) is 12.7. The van der Waals surface area contributed by atoms with E-state index in [0.717, 1.165) is 17.7 Å². The van der Waals surface area contributed by atoms with E-state index in [9.17, 15) is 14.7 Å². The number of β-lactam (4-membered cyclic amide) rings is 1. The quantitative estimate of drug-likeness (QED) is 0.823. The molecule has 0 radical (unpaired) electrons. The second-order valence-corrected chi connectivity index (χ2v) is 5.97. The molecule has 2 saturated heterocycles. The fourth-order valence-electron chi connectivity index (χ4n) is 3.73. The van der Waals surface area contributed by atoms with Gasteiger partial charge in [0.1, 0.15) is 11.7 Å². The summed E-state index contributed by atoms with van der Waals surface area (Å²) in [6.45, 7) is 0.771. The van der Waals surface area contributed by atoms with E-state index in [1.807, 2.05) is 42.5 Å². The molecule has 3 heterocycles. The van der Waals surface area contributed by atoms with Crippen molar-refractivity contribution in [2.45, 2.75) is 18.5 Å². The number of nitrogens with zero attached hydrogens (tertiary/aromatic N) is 1. The average Bonchev–Trinajstić information content (AvgIpc) is 2.93. The molecule has 1 aromatic carbocycles. The molecule has 0 aliphatic carbocycles. The third-order valence-corrected chi connectivity index (χ3v) is 4.73. The monoisotopic (exact) mass is 296 g/mol. The number of nitrogens with one attached hydrogen (secondary N) is 1. The zero-order valence-electron chi connectivity index (χ0n) is 11.9. The molecular weight excluding hydrogens is 280 g/mol. The first-order valence-corrected chi connectivity index (χ1v) is 7.43. The lowest BCUT2D eigenvalue weighted by Gasteiger charge is -2.48. The van der Waals surface area contributed by atoms with Crippen molar-refractivity contribution >= 4 is 18.0 Å². The molecule has 0 spiro atoms. The molecule has 112 valence electrons. The maximum atomic E-state index is 12.1. The van der Waals surface area contributed by atoms with E-state index in [0.29, 0.717) is 12.3 Å². The molecule has 5 nitrogen and oxygen atoms in total. The lowest BCUT2D eigenvalue weighted by Crippen LogP contribution is -2.68. The highest BCUT2D eigenvalue weighted by Crippen LogP contribution is 2.43. The van der Waals surface area contributed by atoms with Crippen LogP contribution in [0.25, 0.3) is 6.08 Å². The van der Waals surface area contributed by atoms with Crippen LogP contribution in [0.4, 0.5) is 0 Å². The maximum absolute atomic E-state index is 12.1. The normalized spacial score (nSPS) is 29.7. The summed E-state index contributed by atoms with van der Waals surface area (Å²) in [6.07, 6.45) is 4.44. The molecule has 1 amide bonds. The number of aliphatic carboxylic acids is 1. The van der Waals surface area contributed by atoms with Gasteiger partial charge in [-0.05, 0) is 23.5 Å². The first kappa shape index (κ1) is 13.3. The van der Waals surface area contributed by atoms with Crippen molar-refractivity contribution in [2.24, 2.45) is 5.92 Å². The number of hydrogen-bond donors (Lipinski definition) is 2. The molecular formula is C17H16N2O3. The van der Waals surface area contributed by atoms with Gasteiger partial charge >= 0.3 is 5.97 Å². The topological polar surface area (TPSA) is 69.6 Å². The Kier molecular flexibility index (Phi) is 2.90. The van der Waals surface area contributed by atoms with Crippen LogP contribution in [-0.4, -0.2) is 40.5 Å². The number of carbonyl (C=O) groups is 2. The first-order valence-electron chi connectivity index (χ1n) is 7.43. The van der Waals surface area contributed by atoms with Crippen LogP contribution in [-0.2, 0) is 9.59 Å². The summed E-state index contributed by atoms with van der Waals surface area (Å²) in [4.78, 5) is 25.2. The van der Waals surface area contributed by atoms with E-state index in [-0.39, 0.29) is 23.7 Å². The maximum Gasteiger partial charge on any atom is 0.352 e. The lowest BCUT2D eigenvalue weighted by molar-refractivity contribution is -0.153. The fraction of sp³-hybridized carbons (Fsp3) is 0.294. The van der Waals surface area contributed by atoms with Crippen molar-refractivity contribution in [3.63, 3.8) is 0 Å². The number of allylic oxidation sites excluding steroid dienone is 2. The minimum Gasteiger partial charge on any atom is -0.477 e. The molecule has 0 aromatic heterocycles. The van der Waals surface area contributed by atoms with Gasteiger partial charge < -0.3 is 10.4 Å². The second kappa shape index (κ2) is 4.81. The third-order valence-electron chi connectivity index (χ3n) is 4.73. The minimum absolute atomic E-state index is 0.0208. The van der Waals surface area contributed by atoms with Gasteiger partial charge in [0.25, 0.3) is 0 Å². The first-order chi connectivity index (χ1) is 10.7. The van der Waals surface area contributed by atoms with E-state index >= 15 is 0 Å². The van der Waals surface area contributed by atoms with Crippen LogP contribution in [0.3, 0.4) is 0 Å². The zero-order chi connectivity index (χ0) is 15.3. The van der Waals surface area contributed by atoms with E-state index in [1.54, 1.807) is 0 Å². The minimum atomic E-state index is -1.02. The van der Waals surface area contributed by atoms with Gasteiger partial charge in [0.15, 0.2) is 0 Å². The molecule has 3 aliphatic heterocycles. The number of rotatable bonds is 3. The van der Waals surface area contributed by atoms with Gasteiger partial charge in [-0.1, -0.05) is 42.5 Å². The largest absolute Gasteiger partial charge is 0.477 e. The van der Waals surface area contributed by atoms with Gasteiger partial charge in [0.2, 0.25) is 5.91 Å². The Morgan fingerprint density at radius 1 is 1.27 bits per heavy atom. The summed E-state index contributed by atoms with van der Waals surface area (Å²) >= 11 is 0. The molecule has 0 unspecified atom stereocenters. The lowest BCUT2D eigenvalue weighted by atomic mass is 9.79.